The van der Waals surface area contributed by atoms with Gasteiger partial charge in [0.05, 0.1) is 17.1 Å². The van der Waals surface area contributed by atoms with Crippen molar-refractivity contribution in [2.75, 3.05) is 43.4 Å². The van der Waals surface area contributed by atoms with Crippen molar-refractivity contribution in [3.05, 3.63) is 47.2 Å². The van der Waals surface area contributed by atoms with Gasteiger partial charge in [0.2, 0.25) is 5.91 Å². The summed E-state index contributed by atoms with van der Waals surface area (Å²) in [6.07, 6.45) is 2.70. The molecule has 4 rings (SSSR count). The summed E-state index contributed by atoms with van der Waals surface area (Å²) in [6, 6.07) is 8.83. The summed E-state index contributed by atoms with van der Waals surface area (Å²) in [5.41, 5.74) is 2.31. The van der Waals surface area contributed by atoms with Crippen LogP contribution in [-0.4, -0.2) is 54.4 Å². The molecule has 0 spiro atoms. The molecule has 2 aliphatic rings. The number of nitrogens with zero attached hydrogens (tertiary/aromatic N) is 3. The number of rotatable bonds is 3. The van der Waals surface area contributed by atoms with Gasteiger partial charge >= 0.3 is 0 Å². The fraction of sp³-hybridized carbons (Fsp3) is 0.400. The van der Waals surface area contributed by atoms with Gasteiger partial charge in [0, 0.05) is 43.8 Å². The third kappa shape index (κ3) is 3.59. The van der Waals surface area contributed by atoms with Gasteiger partial charge in [-0.3, -0.25) is 9.59 Å². The lowest BCUT2D eigenvalue weighted by atomic mass is 10.0. The Bertz CT molecular complexity index is 871. The summed E-state index contributed by atoms with van der Waals surface area (Å²) in [5.74, 6) is -0.0254. The Balaban J connectivity index is 1.58. The number of hydrogen-bond acceptors (Lipinski definition) is 4. The molecule has 0 saturated carbocycles. The molecule has 142 valence electrons. The molecule has 6 nitrogen and oxygen atoms in total. The van der Waals surface area contributed by atoms with E-state index in [-0.39, 0.29) is 17.7 Å². The molecule has 0 aliphatic carbocycles. The van der Waals surface area contributed by atoms with E-state index in [9.17, 15) is 9.59 Å². The summed E-state index contributed by atoms with van der Waals surface area (Å²) in [4.78, 5) is 29.6. The van der Waals surface area contributed by atoms with Crippen LogP contribution in [-0.2, 0) is 4.79 Å². The van der Waals surface area contributed by atoms with E-state index >= 15 is 0 Å². The summed E-state index contributed by atoms with van der Waals surface area (Å²) < 4.78 is 1.78. The fourth-order valence-corrected chi connectivity index (χ4v) is 4.01. The summed E-state index contributed by atoms with van der Waals surface area (Å²) in [7, 11) is 2.11. The minimum atomic E-state index is -0.382. The molecule has 1 atom stereocenters. The highest BCUT2D eigenvalue weighted by Crippen LogP contribution is 2.32. The number of fused-ring (bicyclic) bond motifs is 1. The first kappa shape index (κ1) is 18.1. The number of halogens is 1. The van der Waals surface area contributed by atoms with E-state index in [0.29, 0.717) is 23.6 Å². The van der Waals surface area contributed by atoms with Crippen LogP contribution < -0.4 is 10.2 Å². The molecule has 7 heteroatoms. The average Bonchev–Trinajstić information content (AvgIpc) is 3.14. The SMILES string of the molecule is CN1CCN(c2ccc(Cl)cc2NC(=O)C2CCC(=O)c3cccn32)CC1. The second kappa shape index (κ2) is 7.37. The second-order valence-corrected chi connectivity index (χ2v) is 7.66. The molecule has 0 bridgehead atoms. The van der Waals surface area contributed by atoms with Crippen LogP contribution in [0.3, 0.4) is 0 Å². The van der Waals surface area contributed by atoms with Crippen LogP contribution in [0.2, 0.25) is 5.02 Å². The van der Waals surface area contributed by atoms with Crippen molar-refractivity contribution in [3.8, 4) is 0 Å². The molecule has 1 fully saturated rings. The number of carbonyl (C=O) groups is 2. The van der Waals surface area contributed by atoms with Crippen LogP contribution in [0.15, 0.2) is 36.5 Å². The Hall–Kier alpha value is -2.31. The van der Waals surface area contributed by atoms with Crippen LogP contribution >= 0.6 is 11.6 Å². The van der Waals surface area contributed by atoms with Gasteiger partial charge in [0.15, 0.2) is 5.78 Å². The van der Waals surface area contributed by atoms with Crippen LogP contribution in [0.4, 0.5) is 11.4 Å². The Morgan fingerprint density at radius 2 is 1.96 bits per heavy atom. The first-order chi connectivity index (χ1) is 13.0. The smallest absolute Gasteiger partial charge is 0.247 e. The number of anilines is 2. The van der Waals surface area contributed by atoms with Crippen molar-refractivity contribution in [1.29, 1.82) is 0 Å². The summed E-state index contributed by atoms with van der Waals surface area (Å²) >= 11 is 6.20. The van der Waals surface area contributed by atoms with Gasteiger partial charge in [-0.15, -0.1) is 0 Å². The number of amides is 1. The quantitative estimate of drug-likeness (QED) is 0.880. The van der Waals surface area contributed by atoms with Gasteiger partial charge in [-0.2, -0.15) is 0 Å². The Labute approximate surface area is 163 Å². The second-order valence-electron chi connectivity index (χ2n) is 7.22. The number of Topliss-reactive ketones (excluding diaryl/α,β-unsaturated/α-hetero) is 1. The molecular formula is C20H23ClN4O2. The fourth-order valence-electron chi connectivity index (χ4n) is 3.84. The maximum absolute atomic E-state index is 13.0. The number of benzene rings is 1. The van der Waals surface area contributed by atoms with E-state index in [2.05, 4.69) is 22.2 Å². The number of hydrogen-bond donors (Lipinski definition) is 1. The summed E-state index contributed by atoms with van der Waals surface area (Å²) in [6.45, 7) is 3.77. The van der Waals surface area contributed by atoms with Crippen molar-refractivity contribution in [3.63, 3.8) is 0 Å². The monoisotopic (exact) mass is 386 g/mol. The van der Waals surface area contributed by atoms with E-state index in [1.807, 2.05) is 18.2 Å². The highest BCUT2D eigenvalue weighted by molar-refractivity contribution is 6.31. The lowest BCUT2D eigenvalue weighted by Crippen LogP contribution is -2.44. The minimum Gasteiger partial charge on any atom is -0.367 e. The largest absolute Gasteiger partial charge is 0.367 e. The maximum atomic E-state index is 13.0. The molecule has 1 amide bonds. The van der Waals surface area contributed by atoms with Crippen molar-refractivity contribution in [2.24, 2.45) is 0 Å². The molecule has 1 unspecified atom stereocenters. The van der Waals surface area contributed by atoms with Gasteiger partial charge in [-0.25, -0.2) is 0 Å². The van der Waals surface area contributed by atoms with Crippen molar-refractivity contribution in [2.45, 2.75) is 18.9 Å². The van der Waals surface area contributed by atoms with Gasteiger partial charge in [0.25, 0.3) is 0 Å². The van der Waals surface area contributed by atoms with E-state index < -0.39 is 0 Å². The molecule has 3 heterocycles. The normalized spacial score (nSPS) is 20.4. The zero-order valence-electron chi connectivity index (χ0n) is 15.3. The maximum Gasteiger partial charge on any atom is 0.247 e. The molecule has 1 aromatic carbocycles. The predicted octanol–water partition coefficient (Wildman–Crippen LogP) is 3.05. The number of carbonyl (C=O) groups excluding carboxylic acids is 2. The van der Waals surface area contributed by atoms with Gasteiger partial charge < -0.3 is 19.7 Å². The zero-order chi connectivity index (χ0) is 19.0. The number of likely N-dealkylation sites (N-methyl/N-ethyl adjacent to an activating group) is 1. The third-order valence-corrected chi connectivity index (χ3v) is 5.64. The van der Waals surface area contributed by atoms with Crippen molar-refractivity contribution < 1.29 is 9.59 Å². The van der Waals surface area contributed by atoms with Crippen LogP contribution in [0, 0.1) is 0 Å². The Morgan fingerprint density at radius 1 is 1.19 bits per heavy atom. The molecule has 2 aromatic rings. The molecular weight excluding hydrogens is 364 g/mol. The van der Waals surface area contributed by atoms with E-state index in [4.69, 9.17) is 11.6 Å². The lowest BCUT2D eigenvalue weighted by Gasteiger charge is -2.35. The first-order valence-electron chi connectivity index (χ1n) is 9.27. The number of piperazine rings is 1. The van der Waals surface area contributed by atoms with Crippen LogP contribution in [0.5, 0.6) is 0 Å². The van der Waals surface area contributed by atoms with E-state index in [0.717, 1.165) is 37.6 Å². The zero-order valence-corrected chi connectivity index (χ0v) is 16.1. The van der Waals surface area contributed by atoms with E-state index in [1.54, 1.807) is 22.9 Å². The molecule has 1 N–H and O–H groups in total. The average molecular weight is 387 g/mol. The van der Waals surface area contributed by atoms with Gasteiger partial charge in [-0.05, 0) is 43.8 Å². The minimum absolute atomic E-state index is 0.0879. The molecule has 2 aliphatic heterocycles. The molecule has 1 saturated heterocycles. The van der Waals surface area contributed by atoms with Crippen molar-refractivity contribution >= 4 is 34.7 Å². The van der Waals surface area contributed by atoms with E-state index in [1.165, 1.54) is 0 Å². The highest BCUT2D eigenvalue weighted by atomic mass is 35.5. The Kier molecular flexibility index (Phi) is 4.93. The van der Waals surface area contributed by atoms with Crippen molar-refractivity contribution in [1.82, 2.24) is 9.47 Å². The topological polar surface area (TPSA) is 57.6 Å². The summed E-state index contributed by atoms with van der Waals surface area (Å²) in [5, 5.41) is 3.65. The van der Waals surface area contributed by atoms with Gasteiger partial charge in [0.1, 0.15) is 6.04 Å². The van der Waals surface area contributed by atoms with Gasteiger partial charge in [-0.1, -0.05) is 11.6 Å². The predicted molar refractivity (Wildman–Crippen MR) is 107 cm³/mol. The van der Waals surface area contributed by atoms with Crippen LogP contribution in [0.25, 0.3) is 0 Å². The number of aromatic nitrogens is 1. The number of nitrogens with one attached hydrogen (secondary N) is 1. The lowest BCUT2D eigenvalue weighted by molar-refractivity contribution is -0.119. The number of ketones is 1. The first-order valence-corrected chi connectivity index (χ1v) is 9.64. The Morgan fingerprint density at radius 3 is 2.74 bits per heavy atom. The molecule has 27 heavy (non-hydrogen) atoms. The standard InChI is InChI=1S/C20H23ClN4O2/c1-23-9-11-24(12-10-23)16-5-4-14(21)13-15(16)22-20(27)18-6-7-19(26)17-3-2-8-25(17)18/h2-5,8,13,18H,6-7,9-12H2,1H3,(H,22,27). The molecule has 0 radical (unpaired) electrons. The third-order valence-electron chi connectivity index (χ3n) is 5.41. The van der Waals surface area contributed by atoms with Crippen LogP contribution in [0.1, 0.15) is 29.4 Å². The molecule has 1 aromatic heterocycles. The highest BCUT2D eigenvalue weighted by Gasteiger charge is 2.30.